The minimum atomic E-state index is -0.384. The van der Waals surface area contributed by atoms with Crippen LogP contribution < -0.4 is 0 Å². The summed E-state index contributed by atoms with van der Waals surface area (Å²) in [5.41, 5.74) is 0. The number of carbonyl (C=O) groups is 1. The van der Waals surface area contributed by atoms with Gasteiger partial charge in [0.2, 0.25) is 5.76 Å². The molecule has 0 aliphatic rings. The molecule has 1 aromatic rings. The zero-order chi connectivity index (χ0) is 9.68. The monoisotopic (exact) mass is 182 g/mol. The van der Waals surface area contributed by atoms with E-state index in [-0.39, 0.29) is 5.97 Å². The maximum absolute atomic E-state index is 11.1. The standard InChI is InChI=1S/C10H14O3/c1-3-5-8-6-7-9(13-8)10(11)12-4-2/h6-7H,3-5H2,1-2H3. The van der Waals surface area contributed by atoms with Crippen LogP contribution in [0.25, 0.3) is 0 Å². The van der Waals surface area contributed by atoms with Gasteiger partial charge in [0, 0.05) is 6.42 Å². The van der Waals surface area contributed by atoms with Crippen molar-refractivity contribution < 1.29 is 13.9 Å². The van der Waals surface area contributed by atoms with Crippen LogP contribution in [-0.4, -0.2) is 12.6 Å². The van der Waals surface area contributed by atoms with Crippen LogP contribution in [0.5, 0.6) is 0 Å². The van der Waals surface area contributed by atoms with Crippen molar-refractivity contribution in [3.05, 3.63) is 23.7 Å². The number of carbonyl (C=O) groups excluding carboxylic acids is 1. The van der Waals surface area contributed by atoms with E-state index < -0.39 is 0 Å². The summed E-state index contributed by atoms with van der Waals surface area (Å²) < 4.78 is 10.1. The summed E-state index contributed by atoms with van der Waals surface area (Å²) in [6.07, 6.45) is 1.87. The molecular formula is C10H14O3. The van der Waals surface area contributed by atoms with Crippen LogP contribution in [0.3, 0.4) is 0 Å². The zero-order valence-electron chi connectivity index (χ0n) is 8.00. The molecule has 0 unspecified atom stereocenters. The van der Waals surface area contributed by atoms with Crippen molar-refractivity contribution in [3.8, 4) is 0 Å². The van der Waals surface area contributed by atoms with Crippen LogP contribution >= 0.6 is 0 Å². The highest BCUT2D eigenvalue weighted by atomic mass is 16.5. The predicted octanol–water partition coefficient (Wildman–Crippen LogP) is 2.41. The summed E-state index contributed by atoms with van der Waals surface area (Å²) in [4.78, 5) is 11.1. The number of hydrogen-bond donors (Lipinski definition) is 0. The molecule has 0 aromatic carbocycles. The van der Waals surface area contributed by atoms with Crippen molar-refractivity contribution in [1.82, 2.24) is 0 Å². The third kappa shape index (κ3) is 2.61. The Kier molecular flexibility index (Phi) is 3.55. The van der Waals surface area contributed by atoms with Gasteiger partial charge in [0.1, 0.15) is 5.76 Å². The van der Waals surface area contributed by atoms with Crippen LogP contribution in [0.1, 0.15) is 36.6 Å². The average Bonchev–Trinajstić information content (AvgIpc) is 2.54. The smallest absolute Gasteiger partial charge is 0.374 e. The number of hydrogen-bond acceptors (Lipinski definition) is 3. The highest BCUT2D eigenvalue weighted by Crippen LogP contribution is 2.10. The van der Waals surface area contributed by atoms with Crippen molar-refractivity contribution in [1.29, 1.82) is 0 Å². The summed E-state index contributed by atoms with van der Waals surface area (Å²) in [6, 6.07) is 3.47. The highest BCUT2D eigenvalue weighted by Gasteiger charge is 2.10. The Morgan fingerprint density at radius 1 is 1.46 bits per heavy atom. The molecule has 13 heavy (non-hydrogen) atoms. The molecule has 1 rings (SSSR count). The van der Waals surface area contributed by atoms with E-state index in [2.05, 4.69) is 6.92 Å². The van der Waals surface area contributed by atoms with E-state index in [0.29, 0.717) is 12.4 Å². The van der Waals surface area contributed by atoms with E-state index >= 15 is 0 Å². The fourth-order valence-corrected chi connectivity index (χ4v) is 1.07. The predicted molar refractivity (Wildman–Crippen MR) is 48.7 cm³/mol. The SMILES string of the molecule is CCCc1ccc(C(=O)OCC)o1. The van der Waals surface area contributed by atoms with Crippen molar-refractivity contribution in [2.75, 3.05) is 6.61 Å². The summed E-state index contributed by atoms with van der Waals surface area (Å²) in [6.45, 7) is 4.21. The molecule has 0 N–H and O–H groups in total. The maximum Gasteiger partial charge on any atom is 0.374 e. The number of aryl methyl sites for hydroxylation is 1. The summed E-state index contributed by atoms with van der Waals surface area (Å²) in [5, 5.41) is 0. The molecular weight excluding hydrogens is 168 g/mol. The van der Waals surface area contributed by atoms with Crippen LogP contribution in [0.15, 0.2) is 16.5 Å². The fourth-order valence-electron chi connectivity index (χ4n) is 1.07. The molecule has 0 aliphatic heterocycles. The second-order valence-electron chi connectivity index (χ2n) is 2.74. The van der Waals surface area contributed by atoms with E-state index in [0.717, 1.165) is 18.6 Å². The quantitative estimate of drug-likeness (QED) is 0.671. The van der Waals surface area contributed by atoms with Gasteiger partial charge in [0.15, 0.2) is 0 Å². The summed E-state index contributed by atoms with van der Waals surface area (Å²) in [7, 11) is 0. The molecule has 0 bridgehead atoms. The molecule has 72 valence electrons. The van der Waals surface area contributed by atoms with Gasteiger partial charge >= 0.3 is 5.97 Å². The van der Waals surface area contributed by atoms with Gasteiger partial charge in [-0.2, -0.15) is 0 Å². The lowest BCUT2D eigenvalue weighted by atomic mass is 10.3. The summed E-state index contributed by atoms with van der Waals surface area (Å²) >= 11 is 0. The third-order valence-corrected chi connectivity index (χ3v) is 1.63. The van der Waals surface area contributed by atoms with Gasteiger partial charge < -0.3 is 9.15 Å². The van der Waals surface area contributed by atoms with Crippen LogP contribution in [0, 0.1) is 0 Å². The van der Waals surface area contributed by atoms with Gasteiger partial charge in [-0.15, -0.1) is 0 Å². The lowest BCUT2D eigenvalue weighted by Gasteiger charge is -1.96. The van der Waals surface area contributed by atoms with E-state index in [1.54, 1.807) is 13.0 Å². The molecule has 3 heteroatoms. The molecule has 0 radical (unpaired) electrons. The molecule has 0 spiro atoms. The molecule has 1 heterocycles. The van der Waals surface area contributed by atoms with Gasteiger partial charge in [-0.1, -0.05) is 6.92 Å². The highest BCUT2D eigenvalue weighted by molar-refractivity contribution is 5.86. The lowest BCUT2D eigenvalue weighted by molar-refractivity contribution is 0.0488. The second kappa shape index (κ2) is 4.70. The minimum absolute atomic E-state index is 0.297. The Labute approximate surface area is 77.7 Å². The van der Waals surface area contributed by atoms with Crippen molar-refractivity contribution >= 4 is 5.97 Å². The number of rotatable bonds is 4. The Bertz CT molecular complexity index is 275. The maximum atomic E-state index is 11.1. The van der Waals surface area contributed by atoms with Crippen molar-refractivity contribution in [2.24, 2.45) is 0 Å². The Morgan fingerprint density at radius 3 is 2.85 bits per heavy atom. The van der Waals surface area contributed by atoms with Gasteiger partial charge in [-0.05, 0) is 25.5 Å². The second-order valence-corrected chi connectivity index (χ2v) is 2.74. The molecule has 0 saturated carbocycles. The molecule has 0 aliphatic carbocycles. The first-order valence-electron chi connectivity index (χ1n) is 4.53. The normalized spacial score (nSPS) is 10.0. The van der Waals surface area contributed by atoms with Crippen LogP contribution in [0.2, 0.25) is 0 Å². The van der Waals surface area contributed by atoms with Gasteiger partial charge in [0.25, 0.3) is 0 Å². The third-order valence-electron chi connectivity index (χ3n) is 1.63. The van der Waals surface area contributed by atoms with E-state index in [1.165, 1.54) is 0 Å². The molecule has 0 amide bonds. The van der Waals surface area contributed by atoms with Crippen LogP contribution in [-0.2, 0) is 11.2 Å². The Balaban J connectivity index is 2.62. The first kappa shape index (κ1) is 9.84. The fraction of sp³-hybridized carbons (Fsp3) is 0.500. The van der Waals surface area contributed by atoms with E-state index in [1.807, 2.05) is 6.07 Å². The van der Waals surface area contributed by atoms with E-state index in [9.17, 15) is 4.79 Å². The molecule has 1 aromatic heterocycles. The molecule has 3 nitrogen and oxygen atoms in total. The van der Waals surface area contributed by atoms with Gasteiger partial charge in [0.05, 0.1) is 6.61 Å². The number of ether oxygens (including phenoxy) is 1. The lowest BCUT2D eigenvalue weighted by Crippen LogP contribution is -2.02. The Hall–Kier alpha value is -1.25. The largest absolute Gasteiger partial charge is 0.460 e. The molecule has 0 atom stereocenters. The first-order valence-corrected chi connectivity index (χ1v) is 4.53. The van der Waals surface area contributed by atoms with Crippen molar-refractivity contribution in [2.45, 2.75) is 26.7 Å². The average molecular weight is 182 g/mol. The first-order chi connectivity index (χ1) is 6.27. The minimum Gasteiger partial charge on any atom is -0.460 e. The zero-order valence-corrected chi connectivity index (χ0v) is 8.00. The summed E-state index contributed by atoms with van der Waals surface area (Å²) in [5.74, 6) is 0.751. The topological polar surface area (TPSA) is 39.4 Å². The van der Waals surface area contributed by atoms with Gasteiger partial charge in [-0.3, -0.25) is 0 Å². The van der Waals surface area contributed by atoms with E-state index in [4.69, 9.17) is 9.15 Å². The molecule has 0 saturated heterocycles. The number of furan rings is 1. The molecule has 0 fully saturated rings. The van der Waals surface area contributed by atoms with Crippen LogP contribution in [0.4, 0.5) is 0 Å². The van der Waals surface area contributed by atoms with Gasteiger partial charge in [-0.25, -0.2) is 4.79 Å². The van der Waals surface area contributed by atoms with Crippen molar-refractivity contribution in [3.63, 3.8) is 0 Å². The Morgan fingerprint density at radius 2 is 2.23 bits per heavy atom. The number of esters is 1.